The van der Waals surface area contributed by atoms with E-state index in [1.54, 1.807) is 49.6 Å². The Hall–Kier alpha value is -2.49. The number of hydrogen-bond donors (Lipinski definition) is 0. The average Bonchev–Trinajstić information content (AvgIpc) is 2.49. The number of esters is 1. The van der Waals surface area contributed by atoms with Gasteiger partial charge in [0.05, 0.1) is 13.7 Å². The summed E-state index contributed by atoms with van der Waals surface area (Å²) in [6.07, 6.45) is 0. The van der Waals surface area contributed by atoms with Gasteiger partial charge in [-0.1, -0.05) is 12.1 Å². The predicted octanol–water partition coefficient (Wildman–Crippen LogP) is 3.31. The van der Waals surface area contributed by atoms with Gasteiger partial charge in [-0.05, 0) is 43.3 Å². The molecule has 0 aliphatic carbocycles. The van der Waals surface area contributed by atoms with Gasteiger partial charge in [-0.3, -0.25) is 0 Å². The van der Waals surface area contributed by atoms with Crippen molar-refractivity contribution in [1.29, 1.82) is 0 Å². The molecule has 4 heteroatoms. The van der Waals surface area contributed by atoms with Crippen molar-refractivity contribution in [2.24, 2.45) is 0 Å². The first kappa shape index (κ1) is 13.9. The molecule has 0 unspecified atom stereocenters. The molecule has 0 fully saturated rings. The van der Waals surface area contributed by atoms with Gasteiger partial charge < -0.3 is 14.2 Å². The zero-order chi connectivity index (χ0) is 14.4. The van der Waals surface area contributed by atoms with E-state index >= 15 is 0 Å². The molecule has 2 aromatic carbocycles. The number of carbonyl (C=O) groups is 1. The lowest BCUT2D eigenvalue weighted by Crippen LogP contribution is -2.10. The fourth-order valence-corrected chi connectivity index (χ4v) is 1.72. The monoisotopic (exact) mass is 272 g/mol. The smallest absolute Gasteiger partial charge is 0.347 e. The highest BCUT2D eigenvalue weighted by atomic mass is 16.5. The number of methoxy groups -OCH3 is 1. The van der Waals surface area contributed by atoms with E-state index in [-0.39, 0.29) is 0 Å². The summed E-state index contributed by atoms with van der Waals surface area (Å²) in [4.78, 5) is 12.1. The maximum absolute atomic E-state index is 12.1. The van der Waals surface area contributed by atoms with Gasteiger partial charge >= 0.3 is 5.97 Å². The Kier molecular flexibility index (Phi) is 4.60. The van der Waals surface area contributed by atoms with Crippen molar-refractivity contribution >= 4 is 5.97 Å². The van der Waals surface area contributed by atoms with Crippen LogP contribution in [0.3, 0.4) is 0 Å². The van der Waals surface area contributed by atoms with E-state index in [2.05, 4.69) is 0 Å². The summed E-state index contributed by atoms with van der Waals surface area (Å²) in [6, 6.07) is 13.8. The number of carbonyl (C=O) groups excluding carboxylic acids is 1. The molecule has 0 atom stereocenters. The standard InChI is InChI=1S/C16H16O4/c1-3-19-15-7-5-4-6-14(15)16(17)20-13-10-8-12(18-2)9-11-13/h4-11H,3H2,1-2H3. The molecule has 4 nitrogen and oxygen atoms in total. The van der Waals surface area contributed by atoms with E-state index in [1.807, 2.05) is 13.0 Å². The lowest BCUT2D eigenvalue weighted by atomic mass is 10.2. The Morgan fingerprint density at radius 2 is 1.65 bits per heavy atom. The second kappa shape index (κ2) is 6.61. The molecule has 0 saturated carbocycles. The number of hydrogen-bond acceptors (Lipinski definition) is 4. The molecule has 20 heavy (non-hydrogen) atoms. The zero-order valence-electron chi connectivity index (χ0n) is 11.5. The third kappa shape index (κ3) is 3.29. The second-order valence-corrected chi connectivity index (χ2v) is 3.99. The van der Waals surface area contributed by atoms with Crippen LogP contribution in [0.2, 0.25) is 0 Å². The molecule has 104 valence electrons. The lowest BCUT2D eigenvalue weighted by Gasteiger charge is -2.09. The number of ether oxygens (including phenoxy) is 3. The second-order valence-electron chi connectivity index (χ2n) is 3.99. The zero-order valence-corrected chi connectivity index (χ0v) is 11.5. The van der Waals surface area contributed by atoms with Gasteiger partial charge in [0.1, 0.15) is 22.8 Å². The number of para-hydroxylation sites is 1. The molecule has 0 N–H and O–H groups in total. The van der Waals surface area contributed by atoms with Gasteiger partial charge in [-0.15, -0.1) is 0 Å². The minimum absolute atomic E-state index is 0.408. The van der Waals surface area contributed by atoms with Crippen molar-refractivity contribution in [2.45, 2.75) is 6.92 Å². The van der Waals surface area contributed by atoms with Crippen LogP contribution in [0.15, 0.2) is 48.5 Å². The molecule has 2 rings (SSSR count). The Balaban J connectivity index is 2.15. The summed E-state index contributed by atoms with van der Waals surface area (Å²) in [5, 5.41) is 0. The van der Waals surface area contributed by atoms with Gasteiger partial charge in [0, 0.05) is 0 Å². The van der Waals surface area contributed by atoms with E-state index in [1.165, 1.54) is 0 Å². The highest BCUT2D eigenvalue weighted by Gasteiger charge is 2.14. The topological polar surface area (TPSA) is 44.8 Å². The van der Waals surface area contributed by atoms with Crippen LogP contribution in [0.1, 0.15) is 17.3 Å². The normalized spacial score (nSPS) is 9.90. The van der Waals surface area contributed by atoms with Crippen molar-refractivity contribution in [3.63, 3.8) is 0 Å². The SMILES string of the molecule is CCOc1ccccc1C(=O)Oc1ccc(OC)cc1. The third-order valence-corrected chi connectivity index (χ3v) is 2.68. The summed E-state index contributed by atoms with van der Waals surface area (Å²) < 4.78 is 15.8. The minimum Gasteiger partial charge on any atom is -0.497 e. The van der Waals surface area contributed by atoms with Crippen LogP contribution in [0.5, 0.6) is 17.2 Å². The van der Waals surface area contributed by atoms with Gasteiger partial charge in [-0.2, -0.15) is 0 Å². The molecule has 0 radical (unpaired) electrons. The van der Waals surface area contributed by atoms with Crippen molar-refractivity contribution in [1.82, 2.24) is 0 Å². The third-order valence-electron chi connectivity index (χ3n) is 2.68. The Labute approximate surface area is 117 Å². The van der Waals surface area contributed by atoms with E-state index < -0.39 is 5.97 Å². The van der Waals surface area contributed by atoms with E-state index in [4.69, 9.17) is 14.2 Å². The average molecular weight is 272 g/mol. The largest absolute Gasteiger partial charge is 0.497 e. The highest BCUT2D eigenvalue weighted by Crippen LogP contribution is 2.22. The molecule has 0 aromatic heterocycles. The Bertz CT molecular complexity index is 575. The number of benzene rings is 2. The van der Waals surface area contributed by atoms with Gasteiger partial charge in [0.2, 0.25) is 0 Å². The molecule has 0 heterocycles. The van der Waals surface area contributed by atoms with Crippen LogP contribution in [0.4, 0.5) is 0 Å². The molecule has 0 aliphatic heterocycles. The Morgan fingerprint density at radius 3 is 2.30 bits per heavy atom. The summed E-state index contributed by atoms with van der Waals surface area (Å²) in [5.41, 5.74) is 0.408. The van der Waals surface area contributed by atoms with Gasteiger partial charge in [0.25, 0.3) is 0 Å². The van der Waals surface area contributed by atoms with Crippen LogP contribution >= 0.6 is 0 Å². The van der Waals surface area contributed by atoms with E-state index in [0.717, 1.165) is 0 Å². The molecule has 0 aliphatic rings. The highest BCUT2D eigenvalue weighted by molar-refractivity contribution is 5.93. The van der Waals surface area contributed by atoms with Crippen molar-refractivity contribution in [2.75, 3.05) is 13.7 Å². The first-order chi connectivity index (χ1) is 9.74. The maximum atomic E-state index is 12.1. The van der Waals surface area contributed by atoms with Gasteiger partial charge in [-0.25, -0.2) is 4.79 Å². The Morgan fingerprint density at radius 1 is 1.00 bits per heavy atom. The quantitative estimate of drug-likeness (QED) is 0.618. The van der Waals surface area contributed by atoms with E-state index in [9.17, 15) is 4.79 Å². The predicted molar refractivity (Wildman–Crippen MR) is 75.6 cm³/mol. The molecular formula is C16H16O4. The molecule has 2 aromatic rings. The molecular weight excluding hydrogens is 256 g/mol. The van der Waals surface area contributed by atoms with Crippen LogP contribution in [0, 0.1) is 0 Å². The first-order valence-electron chi connectivity index (χ1n) is 6.32. The van der Waals surface area contributed by atoms with Crippen LogP contribution in [-0.2, 0) is 0 Å². The van der Waals surface area contributed by atoms with Crippen molar-refractivity contribution in [3.8, 4) is 17.2 Å². The summed E-state index contributed by atoms with van der Waals surface area (Å²) in [5.74, 6) is 1.24. The van der Waals surface area contributed by atoms with Crippen LogP contribution in [-0.4, -0.2) is 19.7 Å². The maximum Gasteiger partial charge on any atom is 0.347 e. The van der Waals surface area contributed by atoms with Crippen molar-refractivity contribution in [3.05, 3.63) is 54.1 Å². The van der Waals surface area contributed by atoms with Crippen LogP contribution in [0.25, 0.3) is 0 Å². The molecule has 0 amide bonds. The fourth-order valence-electron chi connectivity index (χ4n) is 1.72. The number of rotatable bonds is 5. The molecule has 0 saturated heterocycles. The minimum atomic E-state index is -0.445. The first-order valence-corrected chi connectivity index (χ1v) is 6.32. The molecule has 0 bridgehead atoms. The van der Waals surface area contributed by atoms with E-state index in [0.29, 0.717) is 29.4 Å². The summed E-state index contributed by atoms with van der Waals surface area (Å²) in [6.45, 7) is 2.36. The lowest BCUT2D eigenvalue weighted by molar-refractivity contribution is 0.0730. The molecule has 0 spiro atoms. The summed E-state index contributed by atoms with van der Waals surface area (Å²) in [7, 11) is 1.58. The van der Waals surface area contributed by atoms with Gasteiger partial charge in [0.15, 0.2) is 0 Å². The van der Waals surface area contributed by atoms with Crippen LogP contribution < -0.4 is 14.2 Å². The summed E-state index contributed by atoms with van der Waals surface area (Å²) >= 11 is 0. The fraction of sp³-hybridized carbons (Fsp3) is 0.188. The van der Waals surface area contributed by atoms with Crippen molar-refractivity contribution < 1.29 is 19.0 Å².